The van der Waals surface area contributed by atoms with Crippen LogP contribution < -0.4 is 0 Å². The third-order valence-corrected chi connectivity index (χ3v) is 4.36. The molecule has 0 aromatic carbocycles. The van der Waals surface area contributed by atoms with E-state index >= 15 is 0 Å². The molecule has 0 radical (unpaired) electrons. The van der Waals surface area contributed by atoms with Gasteiger partial charge in [0.25, 0.3) is 0 Å². The summed E-state index contributed by atoms with van der Waals surface area (Å²) in [5.41, 5.74) is 0. The lowest BCUT2D eigenvalue weighted by Gasteiger charge is -2.04. The van der Waals surface area contributed by atoms with Crippen molar-refractivity contribution in [3.05, 3.63) is 12.4 Å². The minimum Gasteiger partial charge on any atom is -0.254 e. The summed E-state index contributed by atoms with van der Waals surface area (Å²) in [6, 6.07) is 0. The van der Waals surface area contributed by atoms with E-state index in [0.717, 1.165) is 5.82 Å². The average molecular weight is 228 g/mol. The molecule has 5 nitrogen and oxygen atoms in total. The highest BCUT2D eigenvalue weighted by Gasteiger charge is 2.21. The lowest BCUT2D eigenvalue weighted by Crippen LogP contribution is -1.75. The molecular weight excluding hydrogens is 221 g/mol. The Hall–Kier alpha value is -0.170. The van der Waals surface area contributed by atoms with Gasteiger partial charge in [0.2, 0.25) is 15.3 Å². The van der Waals surface area contributed by atoms with Gasteiger partial charge in [-0.25, -0.2) is 8.62 Å². The lowest BCUT2D eigenvalue weighted by atomic mass is 11.3. The molecule has 0 bridgehead atoms. The van der Waals surface area contributed by atoms with Crippen LogP contribution in [-0.2, 0) is 22.3 Å². The van der Waals surface area contributed by atoms with E-state index in [1.807, 2.05) is 0 Å². The third kappa shape index (κ3) is 4.66. The van der Waals surface area contributed by atoms with E-state index in [9.17, 15) is 13.7 Å². The molecule has 0 amide bonds. The van der Waals surface area contributed by atoms with Crippen LogP contribution in [0, 0.1) is 0 Å². The predicted octanol–water partition coefficient (Wildman–Crippen LogP) is 2.71. The van der Waals surface area contributed by atoms with Crippen LogP contribution in [0.2, 0.25) is 0 Å². The molecule has 0 N–H and O–H groups in total. The molecule has 0 heterocycles. The maximum absolute atomic E-state index is 11.2. The Kier molecular flexibility index (Phi) is 4.69. The Morgan fingerprint density at radius 3 is 1.67 bits per heavy atom. The number of hydrogen-bond donors (Lipinski definition) is 0. The van der Waals surface area contributed by atoms with Crippen molar-refractivity contribution in [2.75, 3.05) is 0 Å². The minimum atomic E-state index is -3.74. The van der Waals surface area contributed by atoms with E-state index < -0.39 is 22.9 Å². The van der Waals surface area contributed by atoms with E-state index in [-0.39, 0.29) is 0 Å². The molecule has 0 saturated heterocycles. The second kappa shape index (κ2) is 4.76. The van der Waals surface area contributed by atoms with Gasteiger partial charge in [0.15, 0.2) is 0 Å². The normalized spacial score (nSPS) is 17.7. The largest absolute Gasteiger partial charge is 0.373 e. The zero-order valence-electron chi connectivity index (χ0n) is 6.08. The molecule has 0 aromatic rings. The van der Waals surface area contributed by atoms with Crippen molar-refractivity contribution in [3.63, 3.8) is 0 Å². The van der Waals surface area contributed by atoms with Crippen LogP contribution in [0.1, 0.15) is 0 Å². The van der Waals surface area contributed by atoms with Gasteiger partial charge in [0, 0.05) is 5.82 Å². The van der Waals surface area contributed by atoms with Gasteiger partial charge >= 0.3 is 7.60 Å². The van der Waals surface area contributed by atoms with Crippen LogP contribution in [0.15, 0.2) is 12.4 Å². The quantitative estimate of drug-likeness (QED) is 0.676. The topological polar surface area (TPSA) is 69.7 Å². The van der Waals surface area contributed by atoms with Crippen LogP contribution in [-0.4, -0.2) is 12.6 Å². The zero-order chi connectivity index (χ0) is 9.78. The molecule has 2 atom stereocenters. The molecule has 2 unspecified atom stereocenters. The highest BCUT2D eigenvalue weighted by molar-refractivity contribution is 7.68. The van der Waals surface area contributed by atoms with Crippen molar-refractivity contribution < 1.29 is 22.3 Å². The smallest absolute Gasteiger partial charge is 0.254 e. The molecule has 68 valence electrons. The SMILES string of the molecule is C=CP(=O)(OP(=C)=O)OP(=C)=O. The summed E-state index contributed by atoms with van der Waals surface area (Å²) in [5, 5.41) is 0. The van der Waals surface area contributed by atoms with Crippen LogP contribution in [0.5, 0.6) is 0 Å². The van der Waals surface area contributed by atoms with Gasteiger partial charge in [-0.1, -0.05) is 6.58 Å². The van der Waals surface area contributed by atoms with Gasteiger partial charge < -0.3 is 0 Å². The fourth-order valence-corrected chi connectivity index (χ4v) is 3.29. The monoisotopic (exact) mass is 228 g/mol. The summed E-state index contributed by atoms with van der Waals surface area (Å²) in [5.74, 6) is 0.795. The first-order valence-corrected chi connectivity index (χ1v) is 6.91. The molecule has 0 aliphatic rings. The fourth-order valence-electron chi connectivity index (χ4n) is 0.335. The molecule has 0 fully saturated rings. The highest BCUT2D eigenvalue weighted by atomic mass is 31.2. The molecule has 0 aromatic heterocycles. The summed E-state index contributed by atoms with van der Waals surface area (Å²) in [6.45, 7) is 3.11. The Labute approximate surface area is 70.9 Å². The van der Waals surface area contributed by atoms with Gasteiger partial charge in [-0.2, -0.15) is 0 Å². The highest BCUT2D eigenvalue weighted by Crippen LogP contribution is 2.57. The van der Waals surface area contributed by atoms with E-state index in [4.69, 9.17) is 0 Å². The molecule has 12 heavy (non-hydrogen) atoms. The molecule has 0 rings (SSSR count). The summed E-state index contributed by atoms with van der Waals surface area (Å²) in [6.07, 6.45) is 5.90. The van der Waals surface area contributed by atoms with Crippen LogP contribution in [0.4, 0.5) is 0 Å². The zero-order valence-corrected chi connectivity index (χ0v) is 8.76. The van der Waals surface area contributed by atoms with Crippen molar-refractivity contribution in [2.24, 2.45) is 0 Å². The summed E-state index contributed by atoms with van der Waals surface area (Å²) < 4.78 is 40.6. The molecular formula is C4H7O5P3. The summed E-state index contributed by atoms with van der Waals surface area (Å²) in [7, 11) is -8.42. The second-order valence-electron chi connectivity index (χ2n) is 1.55. The maximum atomic E-state index is 11.2. The van der Waals surface area contributed by atoms with Gasteiger partial charge in [0.1, 0.15) is 0 Å². The summed E-state index contributed by atoms with van der Waals surface area (Å²) >= 11 is 0. The van der Waals surface area contributed by atoms with Gasteiger partial charge in [0.05, 0.1) is 0 Å². The van der Waals surface area contributed by atoms with Crippen molar-refractivity contribution in [2.45, 2.75) is 0 Å². The molecule has 0 aliphatic carbocycles. The maximum Gasteiger partial charge on any atom is 0.373 e. The Morgan fingerprint density at radius 1 is 1.17 bits per heavy atom. The standard InChI is InChI=1S/C4H7O5P3/c1-4-12(7,8-10(2)5)9-11(3)6/h4H,1-3H2. The summed E-state index contributed by atoms with van der Waals surface area (Å²) in [4.78, 5) is 0. The Balaban J connectivity index is 4.68. The predicted molar refractivity (Wildman–Crippen MR) is 49.4 cm³/mol. The molecule has 0 aliphatic heterocycles. The van der Waals surface area contributed by atoms with E-state index in [0.29, 0.717) is 0 Å². The Morgan fingerprint density at radius 2 is 1.50 bits per heavy atom. The average Bonchev–Trinajstić information content (AvgIpc) is 1.83. The molecule has 0 spiro atoms. The van der Waals surface area contributed by atoms with Gasteiger partial charge in [-0.3, -0.25) is 13.7 Å². The van der Waals surface area contributed by atoms with Crippen molar-refractivity contribution in [1.82, 2.24) is 0 Å². The van der Waals surface area contributed by atoms with Crippen LogP contribution in [0.3, 0.4) is 0 Å². The molecule has 8 heteroatoms. The fraction of sp³-hybridized carbons (Fsp3) is 0. The van der Waals surface area contributed by atoms with E-state index in [1.54, 1.807) is 0 Å². The third-order valence-electron chi connectivity index (χ3n) is 0.633. The van der Waals surface area contributed by atoms with E-state index in [1.165, 1.54) is 0 Å². The lowest BCUT2D eigenvalue weighted by molar-refractivity contribution is 0.412. The van der Waals surface area contributed by atoms with Crippen molar-refractivity contribution in [1.29, 1.82) is 0 Å². The van der Waals surface area contributed by atoms with Gasteiger partial charge in [-0.05, 0) is 12.6 Å². The van der Waals surface area contributed by atoms with Gasteiger partial charge in [-0.15, -0.1) is 0 Å². The number of hydrogen-bond acceptors (Lipinski definition) is 5. The Bertz CT molecular complexity index is 306. The van der Waals surface area contributed by atoms with Crippen molar-refractivity contribution in [3.8, 4) is 0 Å². The minimum absolute atomic E-state index is 0.795. The van der Waals surface area contributed by atoms with Crippen molar-refractivity contribution >= 4 is 35.5 Å². The first-order valence-electron chi connectivity index (χ1n) is 2.58. The second-order valence-corrected chi connectivity index (χ2v) is 5.63. The first kappa shape index (κ1) is 11.8. The number of rotatable bonds is 5. The van der Waals surface area contributed by atoms with Crippen LogP contribution >= 0.6 is 22.9 Å². The molecule has 0 saturated carbocycles. The van der Waals surface area contributed by atoms with Crippen LogP contribution in [0.25, 0.3) is 0 Å². The van der Waals surface area contributed by atoms with E-state index in [2.05, 4.69) is 27.8 Å². The first-order chi connectivity index (χ1) is 5.39.